The molecule has 0 fully saturated rings. The predicted octanol–water partition coefficient (Wildman–Crippen LogP) is 0.941. The zero-order valence-electron chi connectivity index (χ0n) is 9.01. The Morgan fingerprint density at radius 2 is 2.44 bits per heavy atom. The molecule has 0 amide bonds. The van der Waals surface area contributed by atoms with E-state index in [0.29, 0.717) is 18.0 Å². The Balaban J connectivity index is 2.35. The molecule has 1 aromatic rings. The molecule has 1 aliphatic heterocycles. The van der Waals surface area contributed by atoms with E-state index in [9.17, 15) is 4.79 Å². The summed E-state index contributed by atoms with van der Waals surface area (Å²) in [5, 5.41) is 8.83. The molecule has 16 heavy (non-hydrogen) atoms. The lowest BCUT2D eigenvalue weighted by Gasteiger charge is -2.34. The van der Waals surface area contributed by atoms with E-state index in [1.807, 2.05) is 6.92 Å². The third-order valence-electron chi connectivity index (χ3n) is 2.46. The number of fused-ring (bicyclic) bond motifs is 1. The number of rotatable bonds is 2. The van der Waals surface area contributed by atoms with E-state index >= 15 is 0 Å². The van der Waals surface area contributed by atoms with Gasteiger partial charge in [-0.05, 0) is 25.1 Å². The monoisotopic (exact) mass is 222 g/mol. The molecule has 3 N–H and O–H groups in total. The topological polar surface area (TPSA) is 75.8 Å². The van der Waals surface area contributed by atoms with Gasteiger partial charge in [-0.25, -0.2) is 0 Å². The molecule has 2 rings (SSSR count). The Labute approximate surface area is 93.4 Å². The number of nitrogen functional groups attached to an aromatic ring is 1. The van der Waals surface area contributed by atoms with Crippen molar-refractivity contribution in [3.05, 3.63) is 18.2 Å². The summed E-state index contributed by atoms with van der Waals surface area (Å²) in [7, 11) is 0. The summed E-state index contributed by atoms with van der Waals surface area (Å²) in [6, 6.07) is 5.26. The first kappa shape index (κ1) is 10.6. The van der Waals surface area contributed by atoms with Crippen molar-refractivity contribution in [3.8, 4) is 5.75 Å². The molecule has 0 bridgehead atoms. The second kappa shape index (κ2) is 3.92. The van der Waals surface area contributed by atoms with Gasteiger partial charge in [-0.2, -0.15) is 0 Å². The van der Waals surface area contributed by atoms with Gasteiger partial charge in [0, 0.05) is 5.69 Å². The number of hydrogen-bond acceptors (Lipinski definition) is 4. The number of ether oxygens (including phenoxy) is 1. The standard InChI is InChI=1S/C11H14N2O3/c1-7-5-13(6-11(14)15)9-4-8(12)2-3-10(9)16-7/h2-4,7H,5-6,12H2,1H3,(H,14,15). The van der Waals surface area contributed by atoms with Crippen LogP contribution in [-0.2, 0) is 4.79 Å². The Morgan fingerprint density at radius 3 is 3.12 bits per heavy atom. The second-order valence-corrected chi connectivity index (χ2v) is 3.93. The van der Waals surface area contributed by atoms with Crippen LogP contribution in [0.1, 0.15) is 6.92 Å². The number of aliphatic carboxylic acids is 1. The highest BCUT2D eigenvalue weighted by Crippen LogP contribution is 2.34. The molecular formula is C11H14N2O3. The van der Waals surface area contributed by atoms with Gasteiger partial charge in [0.05, 0.1) is 12.2 Å². The summed E-state index contributed by atoms with van der Waals surface area (Å²) < 4.78 is 5.61. The molecule has 0 saturated carbocycles. The van der Waals surface area contributed by atoms with E-state index in [2.05, 4.69) is 0 Å². The van der Waals surface area contributed by atoms with Gasteiger partial charge in [0.15, 0.2) is 0 Å². The average molecular weight is 222 g/mol. The number of nitrogens with two attached hydrogens (primary N) is 1. The second-order valence-electron chi connectivity index (χ2n) is 3.93. The van der Waals surface area contributed by atoms with Crippen molar-refractivity contribution < 1.29 is 14.6 Å². The van der Waals surface area contributed by atoms with Gasteiger partial charge in [0.1, 0.15) is 18.4 Å². The molecule has 0 radical (unpaired) electrons. The van der Waals surface area contributed by atoms with Gasteiger partial charge in [0.25, 0.3) is 0 Å². The Kier molecular flexibility index (Phi) is 2.60. The van der Waals surface area contributed by atoms with Crippen LogP contribution >= 0.6 is 0 Å². The van der Waals surface area contributed by atoms with Crippen LogP contribution in [0.3, 0.4) is 0 Å². The van der Waals surface area contributed by atoms with Gasteiger partial charge < -0.3 is 20.5 Å². The Bertz CT molecular complexity index is 420. The molecule has 5 heteroatoms. The van der Waals surface area contributed by atoms with Crippen molar-refractivity contribution >= 4 is 17.3 Å². The molecule has 0 aliphatic carbocycles. The van der Waals surface area contributed by atoms with Gasteiger partial charge >= 0.3 is 5.97 Å². The van der Waals surface area contributed by atoms with Crippen molar-refractivity contribution in [2.75, 3.05) is 23.7 Å². The molecule has 0 aromatic heterocycles. The van der Waals surface area contributed by atoms with Gasteiger partial charge in [-0.1, -0.05) is 0 Å². The van der Waals surface area contributed by atoms with Crippen molar-refractivity contribution in [1.82, 2.24) is 0 Å². The zero-order valence-corrected chi connectivity index (χ0v) is 9.01. The third kappa shape index (κ3) is 2.03. The highest BCUT2D eigenvalue weighted by atomic mass is 16.5. The molecule has 1 aliphatic rings. The number of carboxylic acid groups (broad SMARTS) is 1. The highest BCUT2D eigenvalue weighted by Gasteiger charge is 2.24. The number of nitrogens with zero attached hydrogens (tertiary/aromatic N) is 1. The first-order chi connectivity index (χ1) is 7.56. The number of carboxylic acids is 1. The molecule has 5 nitrogen and oxygen atoms in total. The van der Waals surface area contributed by atoms with Crippen LogP contribution in [0.25, 0.3) is 0 Å². The fraction of sp³-hybridized carbons (Fsp3) is 0.364. The maximum absolute atomic E-state index is 10.8. The Morgan fingerprint density at radius 1 is 1.69 bits per heavy atom. The number of hydrogen-bond donors (Lipinski definition) is 2. The summed E-state index contributed by atoms with van der Waals surface area (Å²) in [6.07, 6.45) is -0.0181. The zero-order chi connectivity index (χ0) is 11.7. The number of carbonyl (C=O) groups is 1. The van der Waals surface area contributed by atoms with E-state index in [-0.39, 0.29) is 12.6 Å². The molecule has 86 valence electrons. The van der Waals surface area contributed by atoms with Crippen LogP contribution in [0.5, 0.6) is 5.75 Å². The minimum absolute atomic E-state index is 0.0181. The largest absolute Gasteiger partial charge is 0.487 e. The van der Waals surface area contributed by atoms with E-state index < -0.39 is 5.97 Å². The third-order valence-corrected chi connectivity index (χ3v) is 2.46. The van der Waals surface area contributed by atoms with Crippen molar-refractivity contribution in [3.63, 3.8) is 0 Å². The first-order valence-electron chi connectivity index (χ1n) is 5.09. The minimum Gasteiger partial charge on any atom is -0.487 e. The van der Waals surface area contributed by atoms with E-state index in [4.69, 9.17) is 15.6 Å². The lowest BCUT2D eigenvalue weighted by molar-refractivity contribution is -0.135. The van der Waals surface area contributed by atoms with Gasteiger partial charge in [-0.3, -0.25) is 4.79 Å². The van der Waals surface area contributed by atoms with Crippen molar-refractivity contribution in [1.29, 1.82) is 0 Å². The fourth-order valence-electron chi connectivity index (χ4n) is 1.86. The van der Waals surface area contributed by atoms with Crippen LogP contribution in [0.4, 0.5) is 11.4 Å². The van der Waals surface area contributed by atoms with Crippen LogP contribution in [0.15, 0.2) is 18.2 Å². The highest BCUT2D eigenvalue weighted by molar-refractivity contribution is 5.76. The molecular weight excluding hydrogens is 208 g/mol. The van der Waals surface area contributed by atoms with Crippen LogP contribution in [0.2, 0.25) is 0 Å². The normalized spacial score (nSPS) is 18.8. The van der Waals surface area contributed by atoms with E-state index in [1.165, 1.54) is 0 Å². The quantitative estimate of drug-likeness (QED) is 0.728. The average Bonchev–Trinajstić information content (AvgIpc) is 2.18. The SMILES string of the molecule is CC1CN(CC(=O)O)c2cc(N)ccc2O1. The molecule has 0 spiro atoms. The summed E-state index contributed by atoms with van der Waals surface area (Å²) >= 11 is 0. The summed E-state index contributed by atoms with van der Waals surface area (Å²) in [4.78, 5) is 12.5. The van der Waals surface area contributed by atoms with E-state index in [1.54, 1.807) is 23.1 Å². The van der Waals surface area contributed by atoms with Crippen molar-refractivity contribution in [2.45, 2.75) is 13.0 Å². The number of benzene rings is 1. The molecule has 1 heterocycles. The summed E-state index contributed by atoms with van der Waals surface area (Å²) in [5.74, 6) is -0.170. The van der Waals surface area contributed by atoms with Crippen LogP contribution in [0, 0.1) is 0 Å². The summed E-state index contributed by atoms with van der Waals surface area (Å²) in [5.41, 5.74) is 7.03. The molecule has 0 saturated heterocycles. The van der Waals surface area contributed by atoms with E-state index in [0.717, 1.165) is 5.69 Å². The van der Waals surface area contributed by atoms with Gasteiger partial charge in [0.2, 0.25) is 0 Å². The molecule has 1 unspecified atom stereocenters. The lowest BCUT2D eigenvalue weighted by atomic mass is 10.2. The fourth-order valence-corrected chi connectivity index (χ4v) is 1.86. The van der Waals surface area contributed by atoms with Crippen LogP contribution in [-0.4, -0.2) is 30.3 Å². The van der Waals surface area contributed by atoms with Crippen molar-refractivity contribution in [2.24, 2.45) is 0 Å². The molecule has 1 aromatic carbocycles. The maximum atomic E-state index is 10.8. The van der Waals surface area contributed by atoms with Crippen LogP contribution < -0.4 is 15.4 Å². The predicted molar refractivity (Wildman–Crippen MR) is 60.8 cm³/mol. The summed E-state index contributed by atoms with van der Waals surface area (Å²) in [6.45, 7) is 2.43. The smallest absolute Gasteiger partial charge is 0.323 e. The number of anilines is 2. The molecule has 1 atom stereocenters. The minimum atomic E-state index is -0.859. The first-order valence-corrected chi connectivity index (χ1v) is 5.09. The lowest BCUT2D eigenvalue weighted by Crippen LogP contribution is -2.41. The van der Waals surface area contributed by atoms with Gasteiger partial charge in [-0.15, -0.1) is 0 Å². The Hall–Kier alpha value is -1.91. The maximum Gasteiger partial charge on any atom is 0.323 e.